The van der Waals surface area contributed by atoms with Crippen molar-refractivity contribution in [2.75, 3.05) is 19.8 Å². The molecule has 0 bridgehead atoms. The molecule has 4 nitrogen and oxygen atoms in total. The van der Waals surface area contributed by atoms with Gasteiger partial charge in [0.15, 0.2) is 0 Å². The number of nitrogens with one attached hydrogen (secondary N) is 1. The molecule has 2 atom stereocenters. The molecular formula is C15H20FNO3. The Morgan fingerprint density at radius 2 is 2.30 bits per heavy atom. The summed E-state index contributed by atoms with van der Waals surface area (Å²) in [5, 5.41) is 2.90. The molecule has 1 aliphatic rings. The molecule has 5 heteroatoms. The van der Waals surface area contributed by atoms with Crippen molar-refractivity contribution < 1.29 is 18.7 Å². The Bertz CT molecular complexity index is 478. The second kappa shape index (κ2) is 6.81. The minimum Gasteiger partial charge on any atom is -0.376 e. The van der Waals surface area contributed by atoms with Crippen molar-refractivity contribution in [1.82, 2.24) is 5.32 Å². The van der Waals surface area contributed by atoms with Gasteiger partial charge in [0.05, 0.1) is 25.7 Å². The number of amides is 1. The molecule has 1 N–H and O–H groups in total. The van der Waals surface area contributed by atoms with Crippen LogP contribution in [-0.2, 0) is 20.7 Å². The van der Waals surface area contributed by atoms with E-state index in [-0.39, 0.29) is 30.3 Å². The van der Waals surface area contributed by atoms with E-state index in [9.17, 15) is 9.18 Å². The van der Waals surface area contributed by atoms with Crippen molar-refractivity contribution in [3.8, 4) is 0 Å². The number of hydrogen-bond donors (Lipinski definition) is 1. The summed E-state index contributed by atoms with van der Waals surface area (Å²) in [4.78, 5) is 12.0. The van der Waals surface area contributed by atoms with Gasteiger partial charge in [-0.25, -0.2) is 4.39 Å². The quantitative estimate of drug-likeness (QED) is 0.891. The first kappa shape index (κ1) is 14.9. The second-order valence-corrected chi connectivity index (χ2v) is 4.95. The highest BCUT2D eigenvalue weighted by molar-refractivity contribution is 5.79. The van der Waals surface area contributed by atoms with E-state index in [0.717, 1.165) is 5.56 Å². The SMILES string of the molecule is CCO[C@@H]1COC[C@H]1NC(=O)Cc1cc(F)ccc1C. The highest BCUT2D eigenvalue weighted by atomic mass is 19.1. The van der Waals surface area contributed by atoms with E-state index in [4.69, 9.17) is 9.47 Å². The lowest BCUT2D eigenvalue weighted by atomic mass is 10.0. The molecule has 0 unspecified atom stereocenters. The van der Waals surface area contributed by atoms with E-state index in [2.05, 4.69) is 5.32 Å². The van der Waals surface area contributed by atoms with Gasteiger partial charge in [-0.1, -0.05) is 6.07 Å². The number of ether oxygens (including phenoxy) is 2. The largest absolute Gasteiger partial charge is 0.376 e. The van der Waals surface area contributed by atoms with Crippen LogP contribution in [0.4, 0.5) is 4.39 Å². The topological polar surface area (TPSA) is 47.6 Å². The van der Waals surface area contributed by atoms with Gasteiger partial charge in [-0.2, -0.15) is 0 Å². The molecule has 0 aliphatic carbocycles. The third-order valence-electron chi connectivity index (χ3n) is 3.42. The molecule has 2 rings (SSSR count). The minimum absolute atomic E-state index is 0.0995. The van der Waals surface area contributed by atoms with E-state index in [1.54, 1.807) is 6.07 Å². The van der Waals surface area contributed by atoms with Gasteiger partial charge in [0.2, 0.25) is 5.91 Å². The van der Waals surface area contributed by atoms with Crippen molar-refractivity contribution in [2.45, 2.75) is 32.4 Å². The zero-order valence-corrected chi connectivity index (χ0v) is 11.8. The Morgan fingerprint density at radius 3 is 3.05 bits per heavy atom. The third-order valence-corrected chi connectivity index (χ3v) is 3.42. The summed E-state index contributed by atoms with van der Waals surface area (Å²) < 4.78 is 24.0. The first-order valence-electron chi connectivity index (χ1n) is 6.84. The van der Waals surface area contributed by atoms with Gasteiger partial charge in [-0.05, 0) is 37.1 Å². The summed E-state index contributed by atoms with van der Waals surface area (Å²) in [5.41, 5.74) is 1.61. The monoisotopic (exact) mass is 281 g/mol. The predicted molar refractivity (Wildman–Crippen MR) is 73.0 cm³/mol. The fraction of sp³-hybridized carbons (Fsp3) is 0.533. The summed E-state index contributed by atoms with van der Waals surface area (Å²) in [6.45, 7) is 5.32. The van der Waals surface area contributed by atoms with Gasteiger partial charge in [-0.3, -0.25) is 4.79 Å². The summed E-state index contributed by atoms with van der Waals surface area (Å²) in [5.74, 6) is -0.464. The van der Waals surface area contributed by atoms with E-state index in [1.807, 2.05) is 13.8 Å². The van der Waals surface area contributed by atoms with E-state index in [1.165, 1.54) is 12.1 Å². The zero-order valence-electron chi connectivity index (χ0n) is 11.8. The molecule has 1 aromatic carbocycles. The highest BCUT2D eigenvalue weighted by Crippen LogP contribution is 2.13. The predicted octanol–water partition coefficient (Wildman–Crippen LogP) is 1.60. The molecule has 1 fully saturated rings. The first-order valence-corrected chi connectivity index (χ1v) is 6.84. The normalized spacial score (nSPS) is 21.9. The van der Waals surface area contributed by atoms with Crippen LogP contribution in [0.15, 0.2) is 18.2 Å². The molecule has 1 heterocycles. The Morgan fingerprint density at radius 1 is 1.50 bits per heavy atom. The number of rotatable bonds is 5. The average molecular weight is 281 g/mol. The highest BCUT2D eigenvalue weighted by Gasteiger charge is 2.29. The fourth-order valence-corrected chi connectivity index (χ4v) is 2.31. The third kappa shape index (κ3) is 3.77. The number of halogens is 1. The lowest BCUT2D eigenvalue weighted by molar-refractivity contribution is -0.121. The van der Waals surface area contributed by atoms with Crippen molar-refractivity contribution in [3.63, 3.8) is 0 Å². The molecule has 1 amide bonds. The van der Waals surface area contributed by atoms with E-state index in [0.29, 0.717) is 25.4 Å². The maximum Gasteiger partial charge on any atom is 0.224 e. The second-order valence-electron chi connectivity index (χ2n) is 4.95. The number of carbonyl (C=O) groups excluding carboxylic acids is 1. The van der Waals surface area contributed by atoms with Gasteiger partial charge < -0.3 is 14.8 Å². The molecule has 1 saturated heterocycles. The van der Waals surface area contributed by atoms with E-state index >= 15 is 0 Å². The smallest absolute Gasteiger partial charge is 0.224 e. The molecule has 20 heavy (non-hydrogen) atoms. The first-order chi connectivity index (χ1) is 9.60. The zero-order chi connectivity index (χ0) is 14.5. The Kier molecular flexibility index (Phi) is 5.09. The van der Waals surface area contributed by atoms with Gasteiger partial charge in [0.25, 0.3) is 0 Å². The van der Waals surface area contributed by atoms with Crippen LogP contribution in [0.5, 0.6) is 0 Å². The Labute approximate surface area is 118 Å². The van der Waals surface area contributed by atoms with Gasteiger partial charge in [0.1, 0.15) is 11.9 Å². The van der Waals surface area contributed by atoms with Gasteiger partial charge >= 0.3 is 0 Å². The van der Waals surface area contributed by atoms with Crippen molar-refractivity contribution >= 4 is 5.91 Å². The van der Waals surface area contributed by atoms with Crippen LogP contribution in [0.3, 0.4) is 0 Å². The molecule has 0 radical (unpaired) electrons. The molecule has 1 aliphatic heterocycles. The standard InChI is InChI=1S/C15H20FNO3/c1-3-20-14-9-19-8-13(14)17-15(18)7-11-6-12(16)5-4-10(11)2/h4-6,13-14H,3,7-9H2,1-2H3,(H,17,18)/t13-,14-/m1/s1. The maximum absolute atomic E-state index is 13.2. The van der Waals surface area contributed by atoms with Gasteiger partial charge in [0, 0.05) is 6.61 Å². The van der Waals surface area contributed by atoms with Crippen LogP contribution in [0, 0.1) is 12.7 Å². The molecular weight excluding hydrogens is 261 g/mol. The van der Waals surface area contributed by atoms with E-state index < -0.39 is 0 Å². The van der Waals surface area contributed by atoms with Crippen molar-refractivity contribution in [2.24, 2.45) is 0 Å². The van der Waals surface area contributed by atoms with Gasteiger partial charge in [-0.15, -0.1) is 0 Å². The Balaban J connectivity index is 1.93. The minimum atomic E-state index is -0.324. The summed E-state index contributed by atoms with van der Waals surface area (Å²) >= 11 is 0. The molecule has 0 aromatic heterocycles. The molecule has 0 saturated carbocycles. The summed E-state index contributed by atoms with van der Waals surface area (Å²) in [6, 6.07) is 4.35. The Hall–Kier alpha value is -1.46. The van der Waals surface area contributed by atoms with Crippen LogP contribution < -0.4 is 5.32 Å². The van der Waals surface area contributed by atoms with Crippen LogP contribution in [0.1, 0.15) is 18.1 Å². The number of hydrogen-bond acceptors (Lipinski definition) is 3. The number of benzene rings is 1. The molecule has 0 spiro atoms. The van der Waals surface area contributed by atoms with Crippen LogP contribution in [0.2, 0.25) is 0 Å². The van der Waals surface area contributed by atoms with Crippen molar-refractivity contribution in [3.05, 3.63) is 35.1 Å². The van der Waals surface area contributed by atoms with Crippen LogP contribution in [-0.4, -0.2) is 37.9 Å². The fourth-order valence-electron chi connectivity index (χ4n) is 2.31. The number of aryl methyl sites for hydroxylation is 1. The molecule has 110 valence electrons. The van der Waals surface area contributed by atoms with Crippen LogP contribution >= 0.6 is 0 Å². The summed E-state index contributed by atoms with van der Waals surface area (Å²) in [7, 11) is 0. The molecule has 1 aromatic rings. The lowest BCUT2D eigenvalue weighted by Crippen LogP contribution is -2.44. The maximum atomic E-state index is 13.2. The lowest BCUT2D eigenvalue weighted by Gasteiger charge is -2.19. The summed E-state index contributed by atoms with van der Waals surface area (Å²) in [6.07, 6.45) is 0.0661. The number of carbonyl (C=O) groups is 1. The van der Waals surface area contributed by atoms with Crippen LogP contribution in [0.25, 0.3) is 0 Å². The van der Waals surface area contributed by atoms with Crippen molar-refractivity contribution in [1.29, 1.82) is 0 Å². The average Bonchev–Trinajstić information content (AvgIpc) is 2.82.